The molecule has 8 heteroatoms. The summed E-state index contributed by atoms with van der Waals surface area (Å²) in [7, 11) is 0. The highest BCUT2D eigenvalue weighted by Crippen LogP contribution is 2.30. The van der Waals surface area contributed by atoms with E-state index in [1.807, 2.05) is 0 Å². The maximum Gasteiger partial charge on any atom is 0.416 e. The summed E-state index contributed by atoms with van der Waals surface area (Å²) in [6.45, 7) is 0. The first kappa shape index (κ1) is 15.5. The monoisotopic (exact) mass is 337 g/mol. The number of nitrogens with zero attached hydrogens (tertiary/aromatic N) is 3. The average molecular weight is 337 g/mol. The van der Waals surface area contributed by atoms with E-state index < -0.39 is 11.7 Å². The van der Waals surface area contributed by atoms with Crippen LogP contribution in [0.4, 0.5) is 13.2 Å². The second kappa shape index (κ2) is 6.41. The molecule has 0 atom stereocenters. The van der Waals surface area contributed by atoms with Crippen molar-refractivity contribution in [2.45, 2.75) is 17.2 Å². The third-order valence-corrected chi connectivity index (χ3v) is 3.85. The highest BCUT2D eigenvalue weighted by Gasteiger charge is 2.29. The molecule has 1 aromatic carbocycles. The SMILES string of the molecule is FC(F)(F)c1ccc(CSc2nnc(-c3cccnc3)o2)cc1. The Bertz CT molecular complexity index is 773. The summed E-state index contributed by atoms with van der Waals surface area (Å²) < 4.78 is 43.0. The quantitative estimate of drug-likeness (QED) is 0.659. The van der Waals surface area contributed by atoms with Crippen molar-refractivity contribution in [1.29, 1.82) is 0 Å². The molecule has 0 radical (unpaired) electrons. The zero-order chi connectivity index (χ0) is 16.3. The van der Waals surface area contributed by atoms with Crippen LogP contribution in [0.3, 0.4) is 0 Å². The maximum absolute atomic E-state index is 12.5. The Morgan fingerprint density at radius 2 is 1.83 bits per heavy atom. The van der Waals surface area contributed by atoms with Crippen LogP contribution in [0.25, 0.3) is 11.5 Å². The molecule has 0 unspecified atom stereocenters. The summed E-state index contributed by atoms with van der Waals surface area (Å²) in [5.74, 6) is 0.792. The van der Waals surface area contributed by atoms with Gasteiger partial charge in [0.1, 0.15) is 0 Å². The normalized spacial score (nSPS) is 11.6. The van der Waals surface area contributed by atoms with E-state index in [9.17, 15) is 13.2 Å². The summed E-state index contributed by atoms with van der Waals surface area (Å²) in [4.78, 5) is 3.97. The van der Waals surface area contributed by atoms with Crippen molar-refractivity contribution in [2.75, 3.05) is 0 Å². The predicted octanol–water partition coefficient (Wildman–Crippen LogP) is 4.44. The number of pyridine rings is 1. The van der Waals surface area contributed by atoms with Gasteiger partial charge in [-0.2, -0.15) is 13.2 Å². The molecule has 0 N–H and O–H groups in total. The van der Waals surface area contributed by atoms with E-state index in [1.165, 1.54) is 23.9 Å². The van der Waals surface area contributed by atoms with Crippen molar-refractivity contribution in [3.63, 3.8) is 0 Å². The lowest BCUT2D eigenvalue weighted by Gasteiger charge is -2.06. The highest BCUT2D eigenvalue weighted by molar-refractivity contribution is 7.98. The van der Waals surface area contributed by atoms with Gasteiger partial charge in [-0.3, -0.25) is 4.98 Å². The molecule has 0 fully saturated rings. The minimum Gasteiger partial charge on any atom is -0.411 e. The van der Waals surface area contributed by atoms with E-state index in [-0.39, 0.29) is 0 Å². The van der Waals surface area contributed by atoms with E-state index in [0.717, 1.165) is 17.7 Å². The van der Waals surface area contributed by atoms with Crippen LogP contribution in [0, 0.1) is 0 Å². The predicted molar refractivity (Wildman–Crippen MR) is 78.5 cm³/mol. The fourth-order valence-electron chi connectivity index (χ4n) is 1.81. The number of hydrogen-bond donors (Lipinski definition) is 0. The Labute approximate surface area is 133 Å². The first-order valence-electron chi connectivity index (χ1n) is 6.55. The summed E-state index contributed by atoms with van der Waals surface area (Å²) in [5, 5.41) is 8.17. The summed E-state index contributed by atoms with van der Waals surface area (Å²) >= 11 is 1.26. The molecule has 0 bridgehead atoms. The van der Waals surface area contributed by atoms with Gasteiger partial charge in [0.2, 0.25) is 5.89 Å². The number of benzene rings is 1. The van der Waals surface area contributed by atoms with Gasteiger partial charge in [0, 0.05) is 18.1 Å². The number of halogens is 3. The fraction of sp³-hybridized carbons (Fsp3) is 0.133. The third kappa shape index (κ3) is 3.89. The molecular formula is C15H10F3N3OS. The topological polar surface area (TPSA) is 51.8 Å². The van der Waals surface area contributed by atoms with Crippen molar-refractivity contribution >= 4 is 11.8 Å². The van der Waals surface area contributed by atoms with Gasteiger partial charge in [0.05, 0.1) is 11.1 Å². The number of alkyl halides is 3. The molecular weight excluding hydrogens is 327 g/mol. The van der Waals surface area contributed by atoms with Crippen LogP contribution in [-0.4, -0.2) is 15.2 Å². The van der Waals surface area contributed by atoms with E-state index in [1.54, 1.807) is 24.5 Å². The van der Waals surface area contributed by atoms with Gasteiger partial charge < -0.3 is 4.42 Å². The van der Waals surface area contributed by atoms with Crippen molar-refractivity contribution < 1.29 is 17.6 Å². The van der Waals surface area contributed by atoms with Crippen LogP contribution in [0.2, 0.25) is 0 Å². The Balaban J connectivity index is 1.64. The molecule has 23 heavy (non-hydrogen) atoms. The van der Waals surface area contributed by atoms with Crippen LogP contribution in [-0.2, 0) is 11.9 Å². The van der Waals surface area contributed by atoms with Gasteiger partial charge in [-0.1, -0.05) is 23.9 Å². The first-order chi connectivity index (χ1) is 11.0. The summed E-state index contributed by atoms with van der Waals surface area (Å²) in [5.41, 5.74) is 0.786. The minimum atomic E-state index is -4.32. The molecule has 0 amide bonds. The average Bonchev–Trinajstić information content (AvgIpc) is 3.02. The zero-order valence-corrected chi connectivity index (χ0v) is 12.4. The Morgan fingerprint density at radius 1 is 1.04 bits per heavy atom. The van der Waals surface area contributed by atoms with Crippen LogP contribution in [0.5, 0.6) is 0 Å². The van der Waals surface area contributed by atoms with E-state index in [2.05, 4.69) is 15.2 Å². The molecule has 0 saturated carbocycles. The Morgan fingerprint density at radius 3 is 2.48 bits per heavy atom. The smallest absolute Gasteiger partial charge is 0.411 e. The molecule has 3 rings (SSSR count). The Hall–Kier alpha value is -2.35. The molecule has 4 nitrogen and oxygen atoms in total. The lowest BCUT2D eigenvalue weighted by atomic mass is 10.1. The fourth-order valence-corrected chi connectivity index (χ4v) is 2.53. The van der Waals surface area contributed by atoms with Gasteiger partial charge >= 0.3 is 6.18 Å². The van der Waals surface area contributed by atoms with E-state index in [4.69, 9.17) is 4.42 Å². The molecule has 2 aromatic heterocycles. The second-order valence-corrected chi connectivity index (χ2v) is 5.52. The molecule has 118 valence electrons. The first-order valence-corrected chi connectivity index (χ1v) is 7.54. The largest absolute Gasteiger partial charge is 0.416 e. The van der Waals surface area contributed by atoms with Crippen molar-refractivity contribution in [1.82, 2.24) is 15.2 Å². The lowest BCUT2D eigenvalue weighted by Crippen LogP contribution is -2.04. The number of hydrogen-bond acceptors (Lipinski definition) is 5. The highest BCUT2D eigenvalue weighted by atomic mass is 32.2. The molecule has 0 aliphatic rings. The molecule has 3 aromatic rings. The van der Waals surface area contributed by atoms with Gasteiger partial charge in [-0.15, -0.1) is 10.2 Å². The molecule has 0 spiro atoms. The molecule has 0 saturated heterocycles. The van der Waals surface area contributed by atoms with Crippen LogP contribution < -0.4 is 0 Å². The lowest BCUT2D eigenvalue weighted by molar-refractivity contribution is -0.137. The van der Waals surface area contributed by atoms with Crippen LogP contribution in [0.1, 0.15) is 11.1 Å². The summed E-state index contributed by atoms with van der Waals surface area (Å²) in [6, 6.07) is 8.55. The molecule has 2 heterocycles. The van der Waals surface area contributed by atoms with Gasteiger partial charge in [0.25, 0.3) is 5.22 Å². The minimum absolute atomic E-state index is 0.351. The number of rotatable bonds is 4. The zero-order valence-electron chi connectivity index (χ0n) is 11.6. The third-order valence-electron chi connectivity index (χ3n) is 2.96. The van der Waals surface area contributed by atoms with Gasteiger partial charge in [-0.25, -0.2) is 0 Å². The molecule has 0 aliphatic carbocycles. The Kier molecular flexibility index (Phi) is 4.33. The van der Waals surface area contributed by atoms with Crippen LogP contribution in [0.15, 0.2) is 58.4 Å². The number of thioether (sulfide) groups is 1. The van der Waals surface area contributed by atoms with Crippen molar-refractivity contribution in [3.05, 3.63) is 59.9 Å². The van der Waals surface area contributed by atoms with Gasteiger partial charge in [0.15, 0.2) is 0 Å². The second-order valence-electron chi connectivity index (χ2n) is 4.60. The summed E-state index contributed by atoms with van der Waals surface area (Å²) in [6.07, 6.45) is -1.07. The standard InChI is InChI=1S/C15H10F3N3OS/c16-15(17,18)12-5-3-10(4-6-12)9-23-14-21-20-13(22-14)11-2-1-7-19-8-11/h1-8H,9H2. The maximum atomic E-state index is 12.5. The van der Waals surface area contributed by atoms with Crippen molar-refractivity contribution in [3.8, 4) is 11.5 Å². The van der Waals surface area contributed by atoms with Crippen LogP contribution >= 0.6 is 11.8 Å². The number of aromatic nitrogens is 3. The van der Waals surface area contributed by atoms with Gasteiger partial charge in [-0.05, 0) is 29.8 Å². The van der Waals surface area contributed by atoms with E-state index in [0.29, 0.717) is 22.4 Å². The molecule has 0 aliphatic heterocycles. The van der Waals surface area contributed by atoms with Crippen molar-refractivity contribution in [2.24, 2.45) is 0 Å². The van der Waals surface area contributed by atoms with E-state index >= 15 is 0 Å².